The lowest BCUT2D eigenvalue weighted by atomic mass is 10.0. The zero-order valence-electron chi connectivity index (χ0n) is 12.9. The molecule has 2 aliphatic rings. The van der Waals surface area contributed by atoms with Gasteiger partial charge in [-0.05, 0) is 49.3 Å². The Hall–Kier alpha value is -1.68. The number of aryl methyl sites for hydroxylation is 2. The SMILES string of the molecule is O=C(CCC(=O)c1ccc2c(c1)CCC2)NCC1(CO)CC1. The fourth-order valence-corrected chi connectivity index (χ4v) is 3.06. The average Bonchev–Trinajstić information content (AvgIpc) is 3.18. The van der Waals surface area contributed by atoms with Crippen molar-refractivity contribution in [1.82, 2.24) is 5.32 Å². The third-order valence-corrected chi connectivity index (χ3v) is 4.95. The topological polar surface area (TPSA) is 66.4 Å². The molecule has 0 bridgehead atoms. The van der Waals surface area contributed by atoms with Crippen molar-refractivity contribution in [3.63, 3.8) is 0 Å². The largest absolute Gasteiger partial charge is 0.396 e. The van der Waals surface area contributed by atoms with E-state index in [-0.39, 0.29) is 36.6 Å². The second kappa shape index (κ2) is 6.21. The Kier molecular flexibility index (Phi) is 4.30. The number of aliphatic hydroxyl groups is 1. The van der Waals surface area contributed by atoms with Gasteiger partial charge >= 0.3 is 0 Å². The van der Waals surface area contributed by atoms with Gasteiger partial charge in [-0.25, -0.2) is 0 Å². The number of fused-ring (bicyclic) bond motifs is 1. The minimum Gasteiger partial charge on any atom is -0.396 e. The van der Waals surface area contributed by atoms with E-state index in [4.69, 9.17) is 0 Å². The first-order chi connectivity index (χ1) is 10.6. The molecule has 118 valence electrons. The van der Waals surface area contributed by atoms with Gasteiger partial charge in [0, 0.05) is 30.4 Å². The Labute approximate surface area is 130 Å². The number of benzene rings is 1. The molecule has 0 radical (unpaired) electrons. The van der Waals surface area contributed by atoms with Crippen molar-refractivity contribution < 1.29 is 14.7 Å². The van der Waals surface area contributed by atoms with Crippen LogP contribution >= 0.6 is 0 Å². The highest BCUT2D eigenvalue weighted by Crippen LogP contribution is 2.44. The molecule has 0 unspecified atom stereocenters. The Morgan fingerprint density at radius 2 is 1.91 bits per heavy atom. The highest BCUT2D eigenvalue weighted by Gasteiger charge is 2.41. The first kappa shape index (κ1) is 15.2. The summed E-state index contributed by atoms with van der Waals surface area (Å²) in [5.74, 6) is -0.0672. The third kappa shape index (κ3) is 3.38. The fourth-order valence-electron chi connectivity index (χ4n) is 3.06. The lowest BCUT2D eigenvalue weighted by Gasteiger charge is -2.12. The molecule has 0 spiro atoms. The van der Waals surface area contributed by atoms with Crippen molar-refractivity contribution in [2.75, 3.05) is 13.2 Å². The van der Waals surface area contributed by atoms with E-state index in [1.165, 1.54) is 17.5 Å². The van der Waals surface area contributed by atoms with Crippen LogP contribution in [0.25, 0.3) is 0 Å². The summed E-state index contributed by atoms with van der Waals surface area (Å²) in [4.78, 5) is 24.0. The first-order valence-electron chi connectivity index (χ1n) is 8.14. The number of hydrogen-bond acceptors (Lipinski definition) is 3. The molecule has 4 nitrogen and oxygen atoms in total. The van der Waals surface area contributed by atoms with E-state index in [0.717, 1.165) is 31.2 Å². The normalized spacial score (nSPS) is 17.9. The van der Waals surface area contributed by atoms with Crippen LogP contribution in [0.15, 0.2) is 18.2 Å². The van der Waals surface area contributed by atoms with Crippen LogP contribution in [-0.4, -0.2) is 29.9 Å². The summed E-state index contributed by atoms with van der Waals surface area (Å²) < 4.78 is 0. The molecule has 0 atom stereocenters. The second-order valence-electron chi connectivity index (χ2n) is 6.70. The number of ketones is 1. The van der Waals surface area contributed by atoms with Crippen molar-refractivity contribution in [3.8, 4) is 0 Å². The zero-order valence-corrected chi connectivity index (χ0v) is 12.9. The van der Waals surface area contributed by atoms with E-state index in [0.29, 0.717) is 6.54 Å². The Morgan fingerprint density at radius 1 is 1.14 bits per heavy atom. The summed E-state index contributed by atoms with van der Waals surface area (Å²) in [5.41, 5.74) is 3.28. The molecule has 1 aromatic rings. The minimum atomic E-state index is -0.103. The van der Waals surface area contributed by atoms with Gasteiger partial charge in [0.1, 0.15) is 0 Å². The van der Waals surface area contributed by atoms with Gasteiger partial charge in [0.25, 0.3) is 0 Å². The molecular formula is C18H23NO3. The van der Waals surface area contributed by atoms with Crippen LogP contribution < -0.4 is 5.32 Å². The molecule has 0 saturated heterocycles. The summed E-state index contributed by atoms with van der Waals surface area (Å²) in [6.07, 6.45) is 5.74. The molecule has 0 heterocycles. The van der Waals surface area contributed by atoms with Crippen LogP contribution in [0, 0.1) is 5.41 Å². The first-order valence-corrected chi connectivity index (χ1v) is 8.14. The third-order valence-electron chi connectivity index (χ3n) is 4.95. The van der Waals surface area contributed by atoms with Gasteiger partial charge in [-0.2, -0.15) is 0 Å². The lowest BCUT2D eigenvalue weighted by Crippen LogP contribution is -2.32. The maximum atomic E-state index is 12.2. The van der Waals surface area contributed by atoms with Crippen LogP contribution in [-0.2, 0) is 17.6 Å². The van der Waals surface area contributed by atoms with Crippen molar-refractivity contribution in [2.45, 2.75) is 44.9 Å². The Bertz CT molecular complexity index is 590. The van der Waals surface area contributed by atoms with Gasteiger partial charge in [-0.15, -0.1) is 0 Å². The van der Waals surface area contributed by atoms with Gasteiger partial charge in [0.2, 0.25) is 5.91 Å². The smallest absolute Gasteiger partial charge is 0.220 e. The quantitative estimate of drug-likeness (QED) is 0.757. The van der Waals surface area contributed by atoms with Crippen molar-refractivity contribution >= 4 is 11.7 Å². The molecule has 1 fully saturated rings. The monoisotopic (exact) mass is 301 g/mol. The Morgan fingerprint density at radius 3 is 2.64 bits per heavy atom. The van der Waals surface area contributed by atoms with Gasteiger partial charge < -0.3 is 10.4 Å². The van der Waals surface area contributed by atoms with Crippen LogP contribution in [0.2, 0.25) is 0 Å². The van der Waals surface area contributed by atoms with Crippen LogP contribution in [0.3, 0.4) is 0 Å². The highest BCUT2D eigenvalue weighted by atomic mass is 16.3. The van der Waals surface area contributed by atoms with Crippen molar-refractivity contribution in [3.05, 3.63) is 34.9 Å². The summed E-state index contributed by atoms with van der Waals surface area (Å²) in [5, 5.41) is 12.0. The summed E-state index contributed by atoms with van der Waals surface area (Å²) in [7, 11) is 0. The Balaban J connectivity index is 1.46. The fraction of sp³-hybridized carbons (Fsp3) is 0.556. The van der Waals surface area contributed by atoms with E-state index in [2.05, 4.69) is 5.32 Å². The molecule has 4 heteroatoms. The number of carbonyl (C=O) groups is 2. The number of Topliss-reactive ketones (excluding diaryl/α,β-unsaturated/α-hetero) is 1. The van der Waals surface area contributed by atoms with E-state index in [1.807, 2.05) is 18.2 Å². The van der Waals surface area contributed by atoms with Crippen molar-refractivity contribution in [1.29, 1.82) is 0 Å². The summed E-state index contributed by atoms with van der Waals surface area (Å²) in [6.45, 7) is 0.650. The molecule has 0 aliphatic heterocycles. The van der Waals surface area contributed by atoms with E-state index >= 15 is 0 Å². The number of nitrogens with one attached hydrogen (secondary N) is 1. The van der Waals surface area contributed by atoms with Crippen LogP contribution in [0.5, 0.6) is 0 Å². The molecule has 2 N–H and O–H groups in total. The number of aliphatic hydroxyl groups excluding tert-OH is 1. The molecule has 1 aromatic carbocycles. The number of carbonyl (C=O) groups excluding carboxylic acids is 2. The lowest BCUT2D eigenvalue weighted by molar-refractivity contribution is -0.121. The second-order valence-corrected chi connectivity index (χ2v) is 6.70. The molecular weight excluding hydrogens is 278 g/mol. The molecule has 1 amide bonds. The molecule has 22 heavy (non-hydrogen) atoms. The molecule has 3 rings (SSSR count). The maximum absolute atomic E-state index is 12.2. The maximum Gasteiger partial charge on any atom is 0.220 e. The summed E-state index contributed by atoms with van der Waals surface area (Å²) >= 11 is 0. The van der Waals surface area contributed by atoms with E-state index in [1.54, 1.807) is 0 Å². The minimum absolute atomic E-state index is 0.0353. The predicted molar refractivity (Wildman–Crippen MR) is 83.8 cm³/mol. The van der Waals surface area contributed by atoms with Gasteiger partial charge in [-0.1, -0.05) is 12.1 Å². The highest BCUT2D eigenvalue weighted by molar-refractivity contribution is 5.98. The van der Waals surface area contributed by atoms with Gasteiger partial charge in [-0.3, -0.25) is 9.59 Å². The van der Waals surface area contributed by atoms with Crippen LogP contribution in [0.1, 0.15) is 53.6 Å². The number of rotatable bonds is 7. The molecule has 1 saturated carbocycles. The number of hydrogen-bond donors (Lipinski definition) is 2. The number of amides is 1. The van der Waals surface area contributed by atoms with Crippen LogP contribution in [0.4, 0.5) is 0 Å². The van der Waals surface area contributed by atoms with Gasteiger partial charge in [0.05, 0.1) is 6.61 Å². The molecule has 0 aromatic heterocycles. The van der Waals surface area contributed by atoms with Gasteiger partial charge in [0.15, 0.2) is 5.78 Å². The predicted octanol–water partition coefficient (Wildman–Crippen LogP) is 2.03. The van der Waals surface area contributed by atoms with Crippen molar-refractivity contribution in [2.24, 2.45) is 5.41 Å². The van der Waals surface area contributed by atoms with E-state index < -0.39 is 0 Å². The molecule has 2 aliphatic carbocycles. The standard InChI is InChI=1S/C18H23NO3/c20-12-18(8-9-18)11-19-17(22)7-6-16(21)15-5-4-13-2-1-3-14(13)10-15/h4-5,10,20H,1-3,6-9,11-12H2,(H,19,22). The zero-order chi connectivity index (χ0) is 15.6. The van der Waals surface area contributed by atoms with E-state index in [9.17, 15) is 14.7 Å². The summed E-state index contributed by atoms with van der Waals surface area (Å²) in [6, 6.07) is 5.93. The average molecular weight is 301 g/mol.